The first-order valence-corrected chi connectivity index (χ1v) is 16.1. The summed E-state index contributed by atoms with van der Waals surface area (Å²) in [4.78, 5) is 69.6. The molecule has 0 radical (unpaired) electrons. The van der Waals surface area contributed by atoms with E-state index in [1.165, 1.54) is 23.1 Å². The smallest absolute Gasteiger partial charge is 0.420 e. The van der Waals surface area contributed by atoms with Crippen LogP contribution in [0, 0.1) is 11.3 Å². The quantitative estimate of drug-likeness (QED) is 0.433. The van der Waals surface area contributed by atoms with E-state index >= 15 is 0 Å². The molecule has 15 nitrogen and oxygen atoms in total. The molecular weight excluding hydrogens is 650 g/mol. The van der Waals surface area contributed by atoms with Crippen LogP contribution in [-0.2, 0) is 35.1 Å². The van der Waals surface area contributed by atoms with Gasteiger partial charge in [-0.25, -0.2) is 14.5 Å². The summed E-state index contributed by atoms with van der Waals surface area (Å²) in [5, 5.41) is 23.3. The first-order chi connectivity index (χ1) is 23.5. The molecule has 0 bridgehead atoms. The van der Waals surface area contributed by atoms with E-state index in [1.54, 1.807) is 70.7 Å². The molecule has 0 unspecified atom stereocenters. The Morgan fingerprint density at radius 3 is 2.22 bits per heavy atom. The SMILES string of the molecule is CC(C)(C)OC(=O)N(Cc1cc(NC(=O)[C@H](O)[C@H]2OCCN(c3cccc(C(=O)N4CCOCC4)c3)C2=O)ccc1C#N)C(=O)OC(C)(C)C. The van der Waals surface area contributed by atoms with Crippen LogP contribution in [-0.4, -0.2) is 108 Å². The highest BCUT2D eigenvalue weighted by Gasteiger charge is 2.40. The molecule has 0 spiro atoms. The number of rotatable bonds is 7. The number of carbonyl (C=O) groups is 5. The Hall–Kier alpha value is -5.04. The van der Waals surface area contributed by atoms with E-state index in [2.05, 4.69) is 5.32 Å². The molecule has 2 heterocycles. The maximum atomic E-state index is 13.5. The van der Waals surface area contributed by atoms with Gasteiger partial charge in [-0.1, -0.05) is 6.07 Å². The summed E-state index contributed by atoms with van der Waals surface area (Å²) >= 11 is 0. The van der Waals surface area contributed by atoms with Crippen molar-refractivity contribution in [2.24, 2.45) is 0 Å². The van der Waals surface area contributed by atoms with Crippen LogP contribution in [0.25, 0.3) is 0 Å². The summed E-state index contributed by atoms with van der Waals surface area (Å²) in [5.74, 6) is -1.86. The molecule has 50 heavy (non-hydrogen) atoms. The van der Waals surface area contributed by atoms with Gasteiger partial charge in [0.25, 0.3) is 17.7 Å². The van der Waals surface area contributed by atoms with Gasteiger partial charge in [-0.2, -0.15) is 5.26 Å². The maximum Gasteiger partial charge on any atom is 0.420 e. The number of amides is 5. The van der Waals surface area contributed by atoms with Crippen LogP contribution in [0.2, 0.25) is 0 Å². The third-order valence-corrected chi connectivity index (χ3v) is 7.43. The van der Waals surface area contributed by atoms with E-state index < -0.39 is 54.0 Å². The summed E-state index contributed by atoms with van der Waals surface area (Å²) in [7, 11) is 0. The van der Waals surface area contributed by atoms with Gasteiger partial charge in [0.1, 0.15) is 11.2 Å². The molecule has 15 heteroatoms. The Bertz CT molecular complexity index is 1620. The van der Waals surface area contributed by atoms with Crippen molar-refractivity contribution in [3.05, 3.63) is 59.2 Å². The number of nitrogens with one attached hydrogen (secondary N) is 1. The van der Waals surface area contributed by atoms with Crippen molar-refractivity contribution in [1.82, 2.24) is 9.80 Å². The number of hydrogen-bond donors (Lipinski definition) is 2. The van der Waals surface area contributed by atoms with Crippen molar-refractivity contribution in [3.63, 3.8) is 0 Å². The Labute approximate surface area is 290 Å². The van der Waals surface area contributed by atoms with Crippen molar-refractivity contribution < 1.29 is 48.0 Å². The van der Waals surface area contributed by atoms with Crippen LogP contribution in [0.3, 0.4) is 0 Å². The van der Waals surface area contributed by atoms with Gasteiger partial charge in [-0.3, -0.25) is 14.4 Å². The highest BCUT2D eigenvalue weighted by molar-refractivity contribution is 6.04. The summed E-state index contributed by atoms with van der Waals surface area (Å²) in [5.41, 5.74) is -0.739. The third kappa shape index (κ3) is 9.78. The summed E-state index contributed by atoms with van der Waals surface area (Å²) < 4.78 is 21.7. The normalized spacial score (nSPS) is 17.3. The van der Waals surface area contributed by atoms with Crippen LogP contribution in [0.5, 0.6) is 0 Å². The molecule has 2 aromatic rings. The highest BCUT2D eigenvalue weighted by atomic mass is 16.6. The highest BCUT2D eigenvalue weighted by Crippen LogP contribution is 2.25. The van der Waals surface area contributed by atoms with E-state index in [4.69, 9.17) is 18.9 Å². The predicted molar refractivity (Wildman–Crippen MR) is 179 cm³/mol. The molecule has 5 amide bonds. The van der Waals surface area contributed by atoms with E-state index in [1.807, 2.05) is 6.07 Å². The molecule has 268 valence electrons. The van der Waals surface area contributed by atoms with Gasteiger partial charge in [0, 0.05) is 36.6 Å². The number of anilines is 2. The summed E-state index contributed by atoms with van der Waals surface area (Å²) in [6.07, 6.45) is -5.51. The number of carbonyl (C=O) groups excluding carboxylic acids is 5. The Morgan fingerprint density at radius 2 is 1.62 bits per heavy atom. The first-order valence-electron chi connectivity index (χ1n) is 16.1. The van der Waals surface area contributed by atoms with Gasteiger partial charge in [0.2, 0.25) is 0 Å². The van der Waals surface area contributed by atoms with Crippen LogP contribution in [0.1, 0.15) is 63.0 Å². The lowest BCUT2D eigenvalue weighted by Gasteiger charge is -2.34. The van der Waals surface area contributed by atoms with Gasteiger partial charge in [-0.05, 0) is 83.5 Å². The summed E-state index contributed by atoms with van der Waals surface area (Å²) in [6, 6.07) is 12.7. The maximum absolute atomic E-state index is 13.5. The van der Waals surface area contributed by atoms with Crippen molar-refractivity contribution in [2.75, 3.05) is 49.7 Å². The number of aliphatic hydroxyl groups is 1. The number of morpholine rings is 2. The van der Waals surface area contributed by atoms with Gasteiger partial charge < -0.3 is 39.2 Å². The molecule has 0 saturated carbocycles. The Morgan fingerprint density at radius 1 is 0.980 bits per heavy atom. The van der Waals surface area contributed by atoms with Crippen LogP contribution < -0.4 is 10.2 Å². The molecule has 2 N–H and O–H groups in total. The molecule has 0 aliphatic carbocycles. The van der Waals surface area contributed by atoms with E-state index in [0.717, 1.165) is 0 Å². The lowest BCUT2D eigenvalue weighted by Crippen LogP contribution is -2.55. The lowest BCUT2D eigenvalue weighted by molar-refractivity contribution is -0.150. The minimum atomic E-state index is -1.94. The second-order valence-corrected chi connectivity index (χ2v) is 13.7. The third-order valence-electron chi connectivity index (χ3n) is 7.43. The van der Waals surface area contributed by atoms with Gasteiger partial charge in [0.05, 0.1) is 38.0 Å². The van der Waals surface area contributed by atoms with Crippen LogP contribution in [0.4, 0.5) is 21.0 Å². The lowest BCUT2D eigenvalue weighted by atomic mass is 10.1. The van der Waals surface area contributed by atoms with E-state index in [9.17, 15) is 34.3 Å². The van der Waals surface area contributed by atoms with Crippen LogP contribution in [0.15, 0.2) is 42.5 Å². The monoisotopic (exact) mass is 693 g/mol. The topological polar surface area (TPSA) is 188 Å². The van der Waals surface area contributed by atoms with Crippen molar-refractivity contribution in [1.29, 1.82) is 5.26 Å². The Balaban J connectivity index is 1.50. The average molecular weight is 694 g/mol. The fourth-order valence-corrected chi connectivity index (χ4v) is 5.12. The number of ether oxygens (including phenoxy) is 4. The second kappa shape index (κ2) is 15.7. The van der Waals surface area contributed by atoms with Crippen molar-refractivity contribution >= 4 is 41.3 Å². The standard InChI is InChI=1S/C35H43N5O10/c1-34(2,3)49-32(45)40(33(46)50-35(4,5)6)21-24-18-25(11-10-23(24)20-36)37-29(42)27(41)28-31(44)39(14-17-48-28)26-9-7-8-22(19-26)30(43)38-12-15-47-16-13-38/h7-11,18-19,27-28,41H,12-17,21H2,1-6H3,(H,37,42)/t27-,28-/m1/s1. The zero-order valence-corrected chi connectivity index (χ0v) is 29.1. The minimum Gasteiger partial charge on any atom is -0.443 e. The van der Waals surface area contributed by atoms with Gasteiger partial charge >= 0.3 is 12.2 Å². The zero-order valence-electron chi connectivity index (χ0n) is 29.1. The number of imide groups is 1. The van der Waals surface area contributed by atoms with Crippen molar-refractivity contribution in [2.45, 2.75) is 71.5 Å². The summed E-state index contributed by atoms with van der Waals surface area (Å²) in [6.45, 7) is 11.3. The predicted octanol–water partition coefficient (Wildman–Crippen LogP) is 3.43. The number of hydrogen-bond acceptors (Lipinski definition) is 11. The van der Waals surface area contributed by atoms with Gasteiger partial charge in [-0.15, -0.1) is 0 Å². The molecule has 0 aromatic heterocycles. The molecule has 2 aliphatic rings. The molecular formula is C35H43N5O10. The van der Waals surface area contributed by atoms with Gasteiger partial charge in [0.15, 0.2) is 12.2 Å². The molecule has 2 fully saturated rings. The number of benzene rings is 2. The Kier molecular flexibility index (Phi) is 11.8. The molecule has 2 atom stereocenters. The second-order valence-electron chi connectivity index (χ2n) is 13.7. The van der Waals surface area contributed by atoms with Crippen LogP contribution >= 0.6 is 0 Å². The molecule has 4 rings (SSSR count). The largest absolute Gasteiger partial charge is 0.443 e. The fourth-order valence-electron chi connectivity index (χ4n) is 5.12. The number of nitrogens with zero attached hydrogens (tertiary/aromatic N) is 4. The first kappa shape index (κ1) is 37.8. The molecule has 2 aromatic carbocycles. The fraction of sp³-hybridized carbons (Fsp3) is 0.486. The van der Waals surface area contributed by atoms with E-state index in [0.29, 0.717) is 42.5 Å². The molecule has 2 aliphatic heterocycles. The number of nitriles is 1. The number of aliphatic hydroxyl groups excluding tert-OH is 1. The molecule has 2 saturated heterocycles. The average Bonchev–Trinajstić information content (AvgIpc) is 3.05. The van der Waals surface area contributed by atoms with Crippen molar-refractivity contribution in [3.8, 4) is 6.07 Å². The minimum absolute atomic E-state index is 0.00850. The van der Waals surface area contributed by atoms with E-state index in [-0.39, 0.29) is 35.9 Å². The zero-order chi connectivity index (χ0) is 36.8.